The molecule has 39 heavy (non-hydrogen) atoms. The minimum Gasteiger partial charge on any atom is -0.491 e. The van der Waals surface area contributed by atoms with Crippen LogP contribution in [0.3, 0.4) is 0 Å². The third kappa shape index (κ3) is 7.23. The van der Waals surface area contributed by atoms with E-state index in [2.05, 4.69) is 20.9 Å². The number of amides is 5. The molecule has 4 bridgehead atoms. The van der Waals surface area contributed by atoms with Gasteiger partial charge in [-0.15, -0.1) is 0 Å². The molecule has 5 amide bonds. The van der Waals surface area contributed by atoms with Gasteiger partial charge in [0.15, 0.2) is 0 Å². The first-order valence-corrected chi connectivity index (χ1v) is 12.9. The zero-order valence-corrected chi connectivity index (χ0v) is 22.5. The summed E-state index contributed by atoms with van der Waals surface area (Å²) in [6.07, 6.45) is 3.67. The highest BCUT2D eigenvalue weighted by Gasteiger charge is 2.37. The van der Waals surface area contributed by atoms with Gasteiger partial charge in [-0.1, -0.05) is 12.1 Å². The fourth-order valence-corrected chi connectivity index (χ4v) is 4.75. The van der Waals surface area contributed by atoms with Crippen LogP contribution in [0.2, 0.25) is 0 Å². The van der Waals surface area contributed by atoms with Crippen LogP contribution < -0.4 is 20.7 Å². The summed E-state index contributed by atoms with van der Waals surface area (Å²) < 4.78 is 6.12. The summed E-state index contributed by atoms with van der Waals surface area (Å²) in [6.45, 7) is 0.801. The lowest BCUT2D eigenvalue weighted by molar-refractivity contribution is -0.141. The minimum atomic E-state index is -0.328. The number of likely N-dealkylation sites (N-methyl/N-ethyl adjacent to an activating group) is 1. The van der Waals surface area contributed by atoms with E-state index >= 15 is 0 Å². The Hall–Kier alpha value is -4.19. The fraction of sp³-hybridized carbons (Fsp3) is 0.444. The van der Waals surface area contributed by atoms with E-state index in [1.807, 2.05) is 24.3 Å². The number of nitrogens with zero attached hydrogens (tertiary/aromatic N) is 4. The Morgan fingerprint density at radius 3 is 2.72 bits per heavy atom. The summed E-state index contributed by atoms with van der Waals surface area (Å²) in [6, 6.07) is 8.30. The number of nitrogens with one attached hydrogen (secondary N) is 3. The monoisotopic (exact) mass is 537 g/mol. The van der Waals surface area contributed by atoms with E-state index < -0.39 is 0 Å². The van der Waals surface area contributed by atoms with Gasteiger partial charge in [-0.2, -0.15) is 0 Å². The molecule has 3 heterocycles. The molecule has 2 aliphatic heterocycles. The molecule has 2 aliphatic rings. The van der Waals surface area contributed by atoms with E-state index in [0.29, 0.717) is 24.3 Å². The molecule has 4 rings (SSSR count). The molecule has 0 saturated carbocycles. The molecule has 0 radical (unpaired) electrons. The van der Waals surface area contributed by atoms with Gasteiger partial charge in [-0.25, -0.2) is 4.79 Å². The Morgan fingerprint density at radius 1 is 1.15 bits per heavy atom. The molecule has 208 valence electrons. The SMILES string of the molecule is CNC(=O)N[C@@H]1C[C@H]2COc3cccc(c3)-c3cncc(c3)C(=O)NCCN(C(=O)CN(C)C)CC(=O)N2C1. The van der Waals surface area contributed by atoms with Crippen LogP contribution in [0.5, 0.6) is 5.75 Å². The molecule has 1 saturated heterocycles. The number of carbonyl (C=O) groups is 4. The number of pyridine rings is 1. The highest BCUT2D eigenvalue weighted by molar-refractivity contribution is 5.95. The van der Waals surface area contributed by atoms with Crippen LogP contribution in [-0.4, -0.2) is 116 Å². The first-order valence-electron chi connectivity index (χ1n) is 12.9. The quantitative estimate of drug-likeness (QED) is 0.508. The Morgan fingerprint density at radius 2 is 1.95 bits per heavy atom. The van der Waals surface area contributed by atoms with Gasteiger partial charge in [-0.3, -0.25) is 19.4 Å². The van der Waals surface area contributed by atoms with Crippen LogP contribution in [0.25, 0.3) is 11.1 Å². The van der Waals surface area contributed by atoms with Crippen LogP contribution in [0.15, 0.2) is 42.7 Å². The van der Waals surface area contributed by atoms with Crippen molar-refractivity contribution in [1.82, 2.24) is 35.6 Å². The van der Waals surface area contributed by atoms with E-state index in [1.54, 1.807) is 36.2 Å². The maximum Gasteiger partial charge on any atom is 0.314 e. The molecule has 1 aromatic carbocycles. The Labute approximate surface area is 227 Å². The standard InChI is InChI=1S/C27H35N7O5/c1-28-27(38)31-21-11-22-17-39-23-6-4-5-18(10-23)19-9-20(13-29-12-19)26(37)30-7-8-33(24(35)15-32(2)3)16-25(36)34(22)14-21/h4-6,9-10,12-13,21-22H,7-8,11,14-17H2,1-3H3,(H,30,37)(H2,28,31,38)/t21-,22+/m1/s1. The van der Waals surface area contributed by atoms with Gasteiger partial charge in [0, 0.05) is 44.6 Å². The molecule has 12 heteroatoms. The summed E-state index contributed by atoms with van der Waals surface area (Å²) in [5.41, 5.74) is 1.98. The molecule has 1 fully saturated rings. The Kier molecular flexibility index (Phi) is 8.97. The zero-order valence-electron chi connectivity index (χ0n) is 22.5. The molecule has 3 N–H and O–H groups in total. The van der Waals surface area contributed by atoms with Gasteiger partial charge in [0.1, 0.15) is 12.4 Å². The summed E-state index contributed by atoms with van der Waals surface area (Å²) in [4.78, 5) is 60.5. The third-order valence-electron chi connectivity index (χ3n) is 6.70. The van der Waals surface area contributed by atoms with Crippen LogP contribution in [0.4, 0.5) is 4.79 Å². The zero-order chi connectivity index (χ0) is 27.9. The first kappa shape index (κ1) is 27.8. The molecule has 2 aromatic rings. The van der Waals surface area contributed by atoms with Crippen molar-refractivity contribution in [2.24, 2.45) is 0 Å². The molecule has 2 atom stereocenters. The summed E-state index contributed by atoms with van der Waals surface area (Å²) in [5.74, 6) is -0.205. The number of carbonyl (C=O) groups excluding carboxylic acids is 4. The van der Waals surface area contributed by atoms with Crippen LogP contribution in [0.1, 0.15) is 16.8 Å². The van der Waals surface area contributed by atoms with Crippen molar-refractivity contribution in [2.45, 2.75) is 18.5 Å². The second-order valence-corrected chi connectivity index (χ2v) is 9.97. The number of hydrogen-bond donors (Lipinski definition) is 3. The van der Waals surface area contributed by atoms with Crippen molar-refractivity contribution in [2.75, 3.05) is 60.5 Å². The second-order valence-electron chi connectivity index (χ2n) is 9.97. The number of aromatic nitrogens is 1. The maximum absolute atomic E-state index is 13.5. The summed E-state index contributed by atoms with van der Waals surface area (Å²) in [7, 11) is 5.09. The molecule has 0 aliphatic carbocycles. The van der Waals surface area contributed by atoms with Crippen molar-refractivity contribution >= 4 is 23.8 Å². The van der Waals surface area contributed by atoms with Gasteiger partial charge < -0.3 is 35.4 Å². The number of benzene rings is 1. The van der Waals surface area contributed by atoms with E-state index in [1.165, 1.54) is 18.1 Å². The number of hydrogen-bond acceptors (Lipinski definition) is 7. The molecular formula is C27H35N7O5. The van der Waals surface area contributed by atoms with Crippen molar-refractivity contribution in [1.29, 1.82) is 0 Å². The predicted molar refractivity (Wildman–Crippen MR) is 144 cm³/mol. The van der Waals surface area contributed by atoms with Gasteiger partial charge in [0.2, 0.25) is 11.8 Å². The predicted octanol–water partition coefficient (Wildman–Crippen LogP) is 0.160. The average molecular weight is 538 g/mol. The Bertz CT molecular complexity index is 1220. The topological polar surface area (TPSA) is 136 Å². The molecule has 0 spiro atoms. The lowest BCUT2D eigenvalue weighted by atomic mass is 10.1. The molecular weight excluding hydrogens is 502 g/mol. The van der Waals surface area contributed by atoms with Crippen molar-refractivity contribution in [3.63, 3.8) is 0 Å². The van der Waals surface area contributed by atoms with Crippen LogP contribution in [-0.2, 0) is 9.59 Å². The van der Waals surface area contributed by atoms with Gasteiger partial charge in [0.05, 0.1) is 30.7 Å². The second kappa shape index (κ2) is 12.6. The fourth-order valence-electron chi connectivity index (χ4n) is 4.75. The largest absolute Gasteiger partial charge is 0.491 e. The number of ether oxygens (including phenoxy) is 1. The molecule has 0 unspecified atom stereocenters. The smallest absolute Gasteiger partial charge is 0.314 e. The normalized spacial score (nSPS) is 20.0. The summed E-state index contributed by atoms with van der Waals surface area (Å²) >= 11 is 0. The number of rotatable bonds is 3. The van der Waals surface area contributed by atoms with Crippen molar-refractivity contribution in [3.05, 3.63) is 48.3 Å². The summed E-state index contributed by atoms with van der Waals surface area (Å²) in [5, 5.41) is 8.26. The average Bonchev–Trinajstić information content (AvgIpc) is 3.33. The highest BCUT2D eigenvalue weighted by atomic mass is 16.5. The maximum atomic E-state index is 13.5. The van der Waals surface area contributed by atoms with Gasteiger partial charge in [-0.05, 0) is 44.3 Å². The van der Waals surface area contributed by atoms with E-state index in [9.17, 15) is 19.2 Å². The minimum absolute atomic E-state index is 0.121. The lowest BCUT2D eigenvalue weighted by Gasteiger charge is -2.29. The lowest BCUT2D eigenvalue weighted by Crippen LogP contribution is -2.50. The van der Waals surface area contributed by atoms with Crippen molar-refractivity contribution < 1.29 is 23.9 Å². The third-order valence-corrected chi connectivity index (χ3v) is 6.70. The van der Waals surface area contributed by atoms with Crippen LogP contribution in [0, 0.1) is 0 Å². The highest BCUT2D eigenvalue weighted by Crippen LogP contribution is 2.26. The molecule has 1 aromatic heterocycles. The van der Waals surface area contributed by atoms with E-state index in [4.69, 9.17) is 4.74 Å². The van der Waals surface area contributed by atoms with E-state index in [-0.39, 0.29) is 68.6 Å². The van der Waals surface area contributed by atoms with E-state index in [0.717, 1.165) is 11.1 Å². The van der Waals surface area contributed by atoms with Crippen LogP contribution >= 0.6 is 0 Å². The first-order chi connectivity index (χ1) is 18.7. The van der Waals surface area contributed by atoms with Gasteiger partial charge in [0.25, 0.3) is 5.91 Å². The number of urea groups is 1. The van der Waals surface area contributed by atoms with Gasteiger partial charge >= 0.3 is 6.03 Å². The van der Waals surface area contributed by atoms with Crippen molar-refractivity contribution in [3.8, 4) is 16.9 Å². The number of fused-ring (bicyclic) bond motifs is 6. The Balaban J connectivity index is 1.64. The molecule has 12 nitrogen and oxygen atoms in total.